The number of thiocarbonyl (C=S) groups is 1. The molecule has 0 radical (unpaired) electrons. The van der Waals surface area contributed by atoms with Crippen LogP contribution in [0.4, 0.5) is 0 Å². The highest BCUT2D eigenvalue weighted by molar-refractivity contribution is 7.80. The summed E-state index contributed by atoms with van der Waals surface area (Å²) in [6, 6.07) is 11.6. The first-order chi connectivity index (χ1) is 11.4. The van der Waals surface area contributed by atoms with Crippen molar-refractivity contribution in [2.75, 3.05) is 6.61 Å². The van der Waals surface area contributed by atoms with E-state index >= 15 is 0 Å². The Balaban J connectivity index is 2.16. The Morgan fingerprint density at radius 3 is 2.42 bits per heavy atom. The number of nitrogens with zero attached hydrogens (tertiary/aromatic N) is 1. The Kier molecular flexibility index (Phi) is 6.06. The molecule has 0 aliphatic rings. The van der Waals surface area contributed by atoms with Gasteiger partial charge >= 0.3 is 0 Å². The van der Waals surface area contributed by atoms with E-state index in [1.807, 2.05) is 57.2 Å². The fourth-order valence-electron chi connectivity index (χ4n) is 2.35. The molecule has 0 aliphatic heterocycles. The maximum Gasteiger partial charge on any atom is 0.290 e. The monoisotopic (exact) mass is 342 g/mol. The van der Waals surface area contributed by atoms with E-state index in [0.717, 1.165) is 27.8 Å². The van der Waals surface area contributed by atoms with Gasteiger partial charge in [0.15, 0.2) is 0 Å². The predicted octanol–water partition coefficient (Wildman–Crippen LogP) is 3.22. The van der Waals surface area contributed by atoms with Crippen LogP contribution in [0.15, 0.2) is 41.4 Å². The minimum absolute atomic E-state index is 0.0745. The fraction of sp³-hybridized carbons (Fsp3) is 0.263. The average molecular weight is 342 g/mol. The van der Waals surface area contributed by atoms with Gasteiger partial charge in [-0.3, -0.25) is 0 Å². The summed E-state index contributed by atoms with van der Waals surface area (Å²) in [4.78, 5) is 4.17. The topological polar surface area (TPSA) is 67.8 Å². The van der Waals surface area contributed by atoms with Gasteiger partial charge in [-0.05, 0) is 62.2 Å². The first-order valence-electron chi connectivity index (χ1n) is 7.74. The summed E-state index contributed by atoms with van der Waals surface area (Å²) in [5.41, 5.74) is 11.0. The van der Waals surface area contributed by atoms with Crippen molar-refractivity contribution in [2.45, 2.75) is 27.2 Å². The second kappa shape index (κ2) is 8.04. The minimum Gasteiger partial charge on any atom is -0.430 e. The maximum absolute atomic E-state index is 9.09. The number of amidine groups is 1. The molecule has 2 rings (SSSR count). The van der Waals surface area contributed by atoms with Gasteiger partial charge < -0.3 is 15.6 Å². The van der Waals surface area contributed by atoms with Crippen molar-refractivity contribution in [3.63, 3.8) is 0 Å². The van der Waals surface area contributed by atoms with Crippen LogP contribution in [0.3, 0.4) is 0 Å². The second-order valence-corrected chi connectivity index (χ2v) is 6.10. The first kappa shape index (κ1) is 18.1. The van der Waals surface area contributed by atoms with Gasteiger partial charge in [0.2, 0.25) is 0 Å². The maximum atomic E-state index is 9.09. The molecule has 2 aromatic rings. The van der Waals surface area contributed by atoms with E-state index in [0.29, 0.717) is 18.0 Å². The minimum atomic E-state index is 0.0745. The van der Waals surface area contributed by atoms with Crippen LogP contribution in [-0.2, 0) is 6.42 Å². The van der Waals surface area contributed by atoms with Gasteiger partial charge in [-0.1, -0.05) is 35.9 Å². The number of nitrogens with two attached hydrogens (primary N) is 1. The Morgan fingerprint density at radius 1 is 1.12 bits per heavy atom. The Bertz CT molecular complexity index is 768. The van der Waals surface area contributed by atoms with Gasteiger partial charge in [0.25, 0.3) is 5.17 Å². The van der Waals surface area contributed by atoms with E-state index in [-0.39, 0.29) is 11.8 Å². The number of aryl methyl sites for hydroxylation is 3. The van der Waals surface area contributed by atoms with Crippen molar-refractivity contribution in [3.05, 3.63) is 64.2 Å². The highest BCUT2D eigenvalue weighted by Gasteiger charge is 2.08. The van der Waals surface area contributed by atoms with E-state index < -0.39 is 0 Å². The molecular weight excluding hydrogens is 320 g/mol. The van der Waals surface area contributed by atoms with Crippen LogP contribution in [0.2, 0.25) is 0 Å². The SMILES string of the molecule is Cc1ccc(/C(N)=N/C(=S)Oc2cc(C)c(CCO)cc2C)cc1. The molecule has 0 spiro atoms. The summed E-state index contributed by atoms with van der Waals surface area (Å²) < 4.78 is 5.68. The average Bonchev–Trinajstić information content (AvgIpc) is 2.53. The molecule has 0 aliphatic carbocycles. The van der Waals surface area contributed by atoms with Gasteiger partial charge in [-0.2, -0.15) is 4.99 Å². The van der Waals surface area contributed by atoms with Gasteiger partial charge in [0.1, 0.15) is 11.6 Å². The quantitative estimate of drug-likeness (QED) is 0.509. The highest BCUT2D eigenvalue weighted by atomic mass is 32.1. The van der Waals surface area contributed by atoms with E-state index in [4.69, 9.17) is 27.8 Å². The molecule has 126 valence electrons. The standard InChI is InChI=1S/C19H22N2O2S/c1-12-4-6-15(7-5-12)18(20)21-19(24)23-17-11-13(2)16(8-9-22)10-14(17)3/h4-7,10-11,22H,8-9H2,1-3H3,(H2,20,21,24). The normalized spacial score (nSPS) is 11.4. The number of ether oxygens (including phenoxy) is 1. The van der Waals surface area contributed by atoms with Crippen molar-refractivity contribution in [1.29, 1.82) is 0 Å². The zero-order chi connectivity index (χ0) is 17.7. The molecule has 3 N–H and O–H groups in total. The molecule has 0 atom stereocenters. The van der Waals surface area contributed by atoms with Crippen molar-refractivity contribution < 1.29 is 9.84 Å². The zero-order valence-electron chi connectivity index (χ0n) is 14.2. The summed E-state index contributed by atoms with van der Waals surface area (Å²) in [5.74, 6) is 0.978. The zero-order valence-corrected chi connectivity index (χ0v) is 15.0. The number of hydrogen-bond acceptors (Lipinski definition) is 3. The number of aliphatic hydroxyl groups excluding tert-OH is 1. The lowest BCUT2D eigenvalue weighted by Crippen LogP contribution is -2.17. The molecule has 0 bridgehead atoms. The van der Waals surface area contributed by atoms with Crippen LogP contribution in [0.25, 0.3) is 0 Å². The number of aliphatic imine (C=N–C) groups is 1. The predicted molar refractivity (Wildman–Crippen MR) is 102 cm³/mol. The van der Waals surface area contributed by atoms with Crippen molar-refractivity contribution in [3.8, 4) is 5.75 Å². The molecule has 4 nitrogen and oxygen atoms in total. The van der Waals surface area contributed by atoms with E-state index in [2.05, 4.69) is 4.99 Å². The summed E-state index contributed by atoms with van der Waals surface area (Å²) in [7, 11) is 0. The highest BCUT2D eigenvalue weighted by Crippen LogP contribution is 2.23. The lowest BCUT2D eigenvalue weighted by Gasteiger charge is -2.12. The number of rotatable bonds is 4. The molecule has 2 aromatic carbocycles. The fourth-order valence-corrected chi connectivity index (χ4v) is 2.54. The third kappa shape index (κ3) is 4.63. The second-order valence-electron chi connectivity index (χ2n) is 5.75. The van der Waals surface area contributed by atoms with Crippen LogP contribution >= 0.6 is 12.2 Å². The Hall–Kier alpha value is -2.24. The van der Waals surface area contributed by atoms with Crippen LogP contribution in [0.5, 0.6) is 5.75 Å². The molecule has 0 unspecified atom stereocenters. The smallest absolute Gasteiger partial charge is 0.290 e. The molecule has 0 amide bonds. The van der Waals surface area contributed by atoms with Gasteiger partial charge in [-0.15, -0.1) is 0 Å². The third-order valence-electron chi connectivity index (χ3n) is 3.77. The lowest BCUT2D eigenvalue weighted by molar-refractivity contribution is 0.299. The van der Waals surface area contributed by atoms with Gasteiger partial charge in [0, 0.05) is 12.2 Å². The third-order valence-corrected chi connectivity index (χ3v) is 3.95. The van der Waals surface area contributed by atoms with E-state index in [1.54, 1.807) is 0 Å². The van der Waals surface area contributed by atoms with E-state index in [9.17, 15) is 0 Å². The van der Waals surface area contributed by atoms with Crippen molar-refractivity contribution >= 4 is 23.2 Å². The Labute approximate surface area is 148 Å². The Morgan fingerprint density at radius 2 is 1.79 bits per heavy atom. The van der Waals surface area contributed by atoms with Crippen molar-refractivity contribution in [2.24, 2.45) is 10.7 Å². The molecule has 24 heavy (non-hydrogen) atoms. The van der Waals surface area contributed by atoms with E-state index in [1.165, 1.54) is 0 Å². The number of benzene rings is 2. The molecule has 0 heterocycles. The number of hydrogen-bond donors (Lipinski definition) is 2. The van der Waals surface area contributed by atoms with Crippen LogP contribution < -0.4 is 10.5 Å². The lowest BCUT2D eigenvalue weighted by atomic mass is 10.0. The first-order valence-corrected chi connectivity index (χ1v) is 8.15. The summed E-state index contributed by atoms with van der Waals surface area (Å²) in [6.45, 7) is 6.04. The molecule has 5 heteroatoms. The summed E-state index contributed by atoms with van der Waals surface area (Å²) in [5, 5.41) is 9.17. The number of aliphatic hydroxyl groups is 1. The van der Waals surface area contributed by atoms with Gasteiger partial charge in [0.05, 0.1) is 0 Å². The molecule has 0 aromatic heterocycles. The van der Waals surface area contributed by atoms with Crippen LogP contribution in [-0.4, -0.2) is 22.7 Å². The molecule has 0 saturated heterocycles. The van der Waals surface area contributed by atoms with Gasteiger partial charge in [-0.25, -0.2) is 0 Å². The van der Waals surface area contributed by atoms with Crippen LogP contribution in [0, 0.1) is 20.8 Å². The molecule has 0 saturated carbocycles. The van der Waals surface area contributed by atoms with Crippen molar-refractivity contribution in [1.82, 2.24) is 0 Å². The summed E-state index contributed by atoms with van der Waals surface area (Å²) >= 11 is 5.20. The largest absolute Gasteiger partial charge is 0.430 e. The molecule has 0 fully saturated rings. The van der Waals surface area contributed by atoms with Crippen LogP contribution in [0.1, 0.15) is 27.8 Å². The summed E-state index contributed by atoms with van der Waals surface area (Å²) in [6.07, 6.45) is 0.621. The molecular formula is C19H22N2O2S.